The highest BCUT2D eigenvalue weighted by Crippen LogP contribution is 2.15. The SMILES string of the molecule is COc1cccc(N)[n+]1Cc1ccc(S(=O)(=O)N(C)C)cc1. The van der Waals surface area contributed by atoms with E-state index in [4.69, 9.17) is 10.5 Å². The maximum absolute atomic E-state index is 12.0. The predicted octanol–water partition coefficient (Wildman–Crippen LogP) is 0.864. The highest BCUT2D eigenvalue weighted by molar-refractivity contribution is 7.89. The third-order valence-corrected chi connectivity index (χ3v) is 5.16. The van der Waals surface area contributed by atoms with Crippen LogP contribution in [0, 0.1) is 0 Å². The van der Waals surface area contributed by atoms with Crippen LogP contribution < -0.4 is 15.0 Å². The average molecular weight is 322 g/mol. The standard InChI is InChI=1S/C15H19N3O3S/c1-17(2)22(19,20)13-9-7-12(8-10-13)11-18-14(16)5-4-6-15(18)21-3/h4-10,16H,11H2,1-3H3/p+1. The molecule has 0 aliphatic rings. The summed E-state index contributed by atoms with van der Waals surface area (Å²) < 4.78 is 32.4. The van der Waals surface area contributed by atoms with Gasteiger partial charge >= 0.3 is 0 Å². The van der Waals surface area contributed by atoms with E-state index < -0.39 is 10.0 Å². The first-order chi connectivity index (χ1) is 10.4. The summed E-state index contributed by atoms with van der Waals surface area (Å²) in [6.45, 7) is 0.498. The molecule has 2 N–H and O–H groups in total. The van der Waals surface area contributed by atoms with Crippen LogP contribution in [0.1, 0.15) is 5.56 Å². The predicted molar refractivity (Wildman–Crippen MR) is 84.0 cm³/mol. The van der Waals surface area contributed by atoms with E-state index in [-0.39, 0.29) is 4.90 Å². The number of anilines is 1. The minimum Gasteiger partial charge on any atom is -0.466 e. The van der Waals surface area contributed by atoms with E-state index in [1.807, 2.05) is 16.7 Å². The molecule has 2 aromatic rings. The zero-order chi connectivity index (χ0) is 16.3. The number of methoxy groups -OCH3 is 1. The first-order valence-corrected chi connectivity index (χ1v) is 8.14. The van der Waals surface area contributed by atoms with Gasteiger partial charge in [0.1, 0.15) is 6.54 Å². The number of nitrogens with two attached hydrogens (primary N) is 1. The van der Waals surface area contributed by atoms with Gasteiger partial charge in [-0.05, 0) is 23.8 Å². The topological polar surface area (TPSA) is 76.5 Å². The fourth-order valence-electron chi connectivity index (χ4n) is 2.04. The van der Waals surface area contributed by atoms with Gasteiger partial charge < -0.3 is 4.74 Å². The number of rotatable bonds is 5. The van der Waals surface area contributed by atoms with Gasteiger partial charge in [-0.1, -0.05) is 12.1 Å². The third kappa shape index (κ3) is 3.20. The van der Waals surface area contributed by atoms with Gasteiger partial charge in [-0.25, -0.2) is 12.7 Å². The summed E-state index contributed by atoms with van der Waals surface area (Å²) in [6, 6.07) is 12.2. The van der Waals surface area contributed by atoms with Crippen molar-refractivity contribution < 1.29 is 17.7 Å². The summed E-state index contributed by atoms with van der Waals surface area (Å²) >= 11 is 0. The van der Waals surface area contributed by atoms with E-state index >= 15 is 0 Å². The molecule has 0 saturated heterocycles. The zero-order valence-electron chi connectivity index (χ0n) is 12.9. The lowest BCUT2D eigenvalue weighted by molar-refractivity contribution is -0.679. The number of sulfonamides is 1. The molecule has 0 fully saturated rings. The summed E-state index contributed by atoms with van der Waals surface area (Å²) in [7, 11) is 1.19. The molecule has 0 bridgehead atoms. The van der Waals surface area contributed by atoms with Crippen LogP contribution in [0.15, 0.2) is 47.4 Å². The molecule has 0 unspecified atom stereocenters. The lowest BCUT2D eigenvalue weighted by Crippen LogP contribution is -2.39. The Bertz CT molecular complexity index is 756. The van der Waals surface area contributed by atoms with E-state index in [1.165, 1.54) is 18.4 Å². The summed E-state index contributed by atoms with van der Waals surface area (Å²) in [5.74, 6) is 1.22. The minimum atomic E-state index is -3.41. The fourth-order valence-corrected chi connectivity index (χ4v) is 2.95. The lowest BCUT2D eigenvalue weighted by atomic mass is 10.2. The van der Waals surface area contributed by atoms with Crippen molar-refractivity contribution in [2.75, 3.05) is 26.9 Å². The van der Waals surface area contributed by atoms with Gasteiger partial charge in [-0.15, -0.1) is 0 Å². The molecule has 1 aromatic heterocycles. The van der Waals surface area contributed by atoms with Crippen LogP contribution in [0.25, 0.3) is 0 Å². The van der Waals surface area contributed by atoms with Gasteiger partial charge in [-0.3, -0.25) is 5.73 Å². The summed E-state index contributed by atoms with van der Waals surface area (Å²) in [4.78, 5) is 0.263. The highest BCUT2D eigenvalue weighted by Gasteiger charge is 2.17. The first kappa shape index (κ1) is 16.3. The molecule has 0 saturated carbocycles. The molecule has 0 spiro atoms. The molecule has 6 nitrogen and oxygen atoms in total. The van der Waals surface area contributed by atoms with Crippen molar-refractivity contribution in [3.8, 4) is 5.88 Å². The average Bonchev–Trinajstić information content (AvgIpc) is 2.49. The molecule has 0 aliphatic carbocycles. The largest absolute Gasteiger partial charge is 0.466 e. The Balaban J connectivity index is 2.30. The van der Waals surface area contributed by atoms with Crippen LogP contribution >= 0.6 is 0 Å². The van der Waals surface area contributed by atoms with Gasteiger partial charge in [-0.2, -0.15) is 4.57 Å². The molecular weight excluding hydrogens is 302 g/mol. The van der Waals surface area contributed by atoms with Crippen molar-refractivity contribution in [3.05, 3.63) is 48.0 Å². The van der Waals surface area contributed by atoms with Gasteiger partial charge in [0.25, 0.3) is 11.7 Å². The fraction of sp³-hybridized carbons (Fsp3) is 0.267. The van der Waals surface area contributed by atoms with Crippen LogP contribution in [0.2, 0.25) is 0 Å². The van der Waals surface area contributed by atoms with E-state index in [2.05, 4.69) is 0 Å². The zero-order valence-corrected chi connectivity index (χ0v) is 13.7. The molecule has 1 heterocycles. The third-order valence-electron chi connectivity index (χ3n) is 3.34. The summed E-state index contributed by atoms with van der Waals surface area (Å²) in [6.07, 6.45) is 0. The van der Waals surface area contributed by atoms with Crippen molar-refractivity contribution in [3.63, 3.8) is 0 Å². The number of pyridine rings is 1. The van der Waals surface area contributed by atoms with Gasteiger partial charge in [0.15, 0.2) is 0 Å². The number of benzene rings is 1. The Kier molecular flexibility index (Phi) is 4.68. The number of hydrogen-bond acceptors (Lipinski definition) is 4. The van der Waals surface area contributed by atoms with Crippen LogP contribution in [0.3, 0.4) is 0 Å². The van der Waals surface area contributed by atoms with E-state index in [0.717, 1.165) is 5.56 Å². The molecule has 118 valence electrons. The molecule has 0 atom stereocenters. The number of ether oxygens (including phenoxy) is 1. The second-order valence-electron chi connectivity index (χ2n) is 5.01. The molecule has 2 rings (SSSR count). The normalized spacial score (nSPS) is 11.6. The molecular formula is C15H20N3O3S+. The van der Waals surface area contributed by atoms with Gasteiger partial charge in [0, 0.05) is 26.2 Å². The van der Waals surface area contributed by atoms with Crippen molar-refractivity contribution in [1.82, 2.24) is 4.31 Å². The van der Waals surface area contributed by atoms with Crippen LogP contribution in [-0.2, 0) is 16.6 Å². The Labute approximate surface area is 130 Å². The molecule has 7 heteroatoms. The number of aromatic nitrogens is 1. The van der Waals surface area contributed by atoms with Crippen LogP contribution in [0.4, 0.5) is 5.82 Å². The molecule has 0 aliphatic heterocycles. The molecule has 0 amide bonds. The molecule has 0 radical (unpaired) electrons. The second kappa shape index (κ2) is 6.33. The maximum atomic E-state index is 12.0. The maximum Gasteiger partial charge on any atom is 0.284 e. The van der Waals surface area contributed by atoms with Gasteiger partial charge in [0.2, 0.25) is 10.0 Å². The minimum absolute atomic E-state index is 0.263. The lowest BCUT2D eigenvalue weighted by Gasteiger charge is -2.12. The molecule has 1 aromatic carbocycles. The highest BCUT2D eigenvalue weighted by atomic mass is 32.2. The van der Waals surface area contributed by atoms with Crippen molar-refractivity contribution in [2.45, 2.75) is 11.4 Å². The number of nitrogen functional groups attached to an aromatic ring is 1. The number of hydrogen-bond donors (Lipinski definition) is 1. The molecule has 22 heavy (non-hydrogen) atoms. The monoisotopic (exact) mass is 322 g/mol. The van der Waals surface area contributed by atoms with Gasteiger partial charge in [0.05, 0.1) is 12.0 Å². The van der Waals surface area contributed by atoms with E-state index in [1.54, 1.807) is 37.4 Å². The van der Waals surface area contributed by atoms with E-state index in [9.17, 15) is 8.42 Å². The smallest absolute Gasteiger partial charge is 0.284 e. The summed E-state index contributed by atoms with van der Waals surface area (Å²) in [5.41, 5.74) is 6.89. The Morgan fingerprint density at radius 3 is 2.32 bits per heavy atom. The van der Waals surface area contributed by atoms with E-state index in [0.29, 0.717) is 18.2 Å². The Hall–Kier alpha value is -2.12. The summed E-state index contributed by atoms with van der Waals surface area (Å²) in [5, 5.41) is 0. The number of nitrogens with zero attached hydrogens (tertiary/aromatic N) is 2. The first-order valence-electron chi connectivity index (χ1n) is 6.70. The second-order valence-corrected chi connectivity index (χ2v) is 7.16. The quantitative estimate of drug-likeness (QED) is 0.829. The Morgan fingerprint density at radius 2 is 1.77 bits per heavy atom. The van der Waals surface area contributed by atoms with Crippen molar-refractivity contribution >= 4 is 15.8 Å². The van der Waals surface area contributed by atoms with Crippen LogP contribution in [-0.4, -0.2) is 33.9 Å². The Morgan fingerprint density at radius 1 is 1.14 bits per heavy atom. The van der Waals surface area contributed by atoms with Crippen LogP contribution in [0.5, 0.6) is 5.88 Å². The van der Waals surface area contributed by atoms with Crippen molar-refractivity contribution in [1.29, 1.82) is 0 Å². The van der Waals surface area contributed by atoms with Crippen molar-refractivity contribution in [2.24, 2.45) is 0 Å².